The van der Waals surface area contributed by atoms with E-state index < -0.39 is 5.82 Å². The Bertz CT molecular complexity index is 667. The van der Waals surface area contributed by atoms with Gasteiger partial charge < -0.3 is 10.5 Å². The van der Waals surface area contributed by atoms with Crippen LogP contribution in [0.2, 0.25) is 0 Å². The van der Waals surface area contributed by atoms with Crippen LogP contribution < -0.4 is 10.5 Å². The van der Waals surface area contributed by atoms with Crippen molar-refractivity contribution in [1.29, 1.82) is 0 Å². The first kappa shape index (κ1) is 11.7. The van der Waals surface area contributed by atoms with Gasteiger partial charge in [-0.1, -0.05) is 12.1 Å². The Balaban J connectivity index is 2.10. The molecule has 3 nitrogen and oxygen atoms in total. The first-order valence-electron chi connectivity index (χ1n) is 6.01. The van der Waals surface area contributed by atoms with Crippen LogP contribution in [0.15, 0.2) is 36.4 Å². The zero-order valence-electron chi connectivity index (χ0n) is 10.2. The molecule has 3 rings (SSSR count). The molecule has 2 N–H and O–H groups in total. The van der Waals surface area contributed by atoms with E-state index >= 15 is 0 Å². The molecule has 0 aliphatic carbocycles. The Morgan fingerprint density at radius 3 is 2.89 bits per heavy atom. The van der Waals surface area contributed by atoms with E-state index in [4.69, 9.17) is 10.5 Å². The standard InChI is InChI=1S/C15H12FNO2/c16-10-4-5-13(17)12(8-10)14(18)11-3-1-2-9-6-7-19-15(9)11/h1-5,8H,6-7,17H2. The minimum atomic E-state index is -0.481. The predicted molar refractivity (Wildman–Crippen MR) is 69.9 cm³/mol. The number of fused-ring (bicyclic) bond motifs is 1. The number of para-hydroxylation sites is 1. The van der Waals surface area contributed by atoms with Crippen molar-refractivity contribution >= 4 is 11.5 Å². The number of carbonyl (C=O) groups is 1. The summed E-state index contributed by atoms with van der Waals surface area (Å²) in [7, 11) is 0. The molecule has 1 aliphatic rings. The number of ether oxygens (including phenoxy) is 1. The van der Waals surface area contributed by atoms with Crippen LogP contribution in [-0.4, -0.2) is 12.4 Å². The second kappa shape index (κ2) is 4.39. The molecule has 1 heterocycles. The monoisotopic (exact) mass is 257 g/mol. The molecular formula is C15H12FNO2. The summed E-state index contributed by atoms with van der Waals surface area (Å²) in [6, 6.07) is 9.19. The molecule has 0 saturated heterocycles. The highest BCUT2D eigenvalue weighted by molar-refractivity contribution is 6.13. The molecule has 19 heavy (non-hydrogen) atoms. The largest absolute Gasteiger partial charge is 0.492 e. The van der Waals surface area contributed by atoms with Crippen LogP contribution in [0.1, 0.15) is 21.5 Å². The van der Waals surface area contributed by atoms with Crippen LogP contribution in [0.4, 0.5) is 10.1 Å². The SMILES string of the molecule is Nc1ccc(F)cc1C(=O)c1cccc2c1OCC2. The lowest BCUT2D eigenvalue weighted by Crippen LogP contribution is -2.07. The van der Waals surface area contributed by atoms with Crippen molar-refractivity contribution in [1.82, 2.24) is 0 Å². The van der Waals surface area contributed by atoms with Crippen molar-refractivity contribution in [3.8, 4) is 5.75 Å². The average molecular weight is 257 g/mol. The van der Waals surface area contributed by atoms with E-state index in [1.807, 2.05) is 6.07 Å². The molecule has 0 spiro atoms. The van der Waals surface area contributed by atoms with E-state index in [0.717, 1.165) is 18.1 Å². The number of nitrogen functional groups attached to an aromatic ring is 1. The smallest absolute Gasteiger partial charge is 0.198 e. The third-order valence-corrected chi connectivity index (χ3v) is 3.22. The van der Waals surface area contributed by atoms with Crippen LogP contribution in [0.5, 0.6) is 5.75 Å². The molecule has 4 heteroatoms. The van der Waals surface area contributed by atoms with Crippen molar-refractivity contribution in [2.75, 3.05) is 12.3 Å². The van der Waals surface area contributed by atoms with Crippen molar-refractivity contribution < 1.29 is 13.9 Å². The number of hydrogen-bond acceptors (Lipinski definition) is 3. The number of rotatable bonds is 2. The fourth-order valence-corrected chi connectivity index (χ4v) is 2.26. The molecule has 0 amide bonds. The maximum absolute atomic E-state index is 13.3. The van der Waals surface area contributed by atoms with Crippen molar-refractivity contribution in [2.45, 2.75) is 6.42 Å². The van der Waals surface area contributed by atoms with Crippen molar-refractivity contribution in [3.05, 3.63) is 58.9 Å². The molecule has 0 unspecified atom stereocenters. The van der Waals surface area contributed by atoms with E-state index in [-0.39, 0.29) is 17.0 Å². The Kier molecular flexibility index (Phi) is 2.71. The second-order valence-corrected chi connectivity index (χ2v) is 4.45. The maximum atomic E-state index is 13.3. The molecule has 0 bridgehead atoms. The van der Waals surface area contributed by atoms with E-state index in [2.05, 4.69) is 0 Å². The summed E-state index contributed by atoms with van der Waals surface area (Å²) in [6.07, 6.45) is 0.787. The minimum absolute atomic E-state index is 0.170. The first-order valence-corrected chi connectivity index (χ1v) is 6.01. The predicted octanol–water partition coefficient (Wildman–Crippen LogP) is 2.57. The van der Waals surface area contributed by atoms with Crippen LogP contribution in [0.25, 0.3) is 0 Å². The Morgan fingerprint density at radius 1 is 1.21 bits per heavy atom. The number of anilines is 1. The first-order chi connectivity index (χ1) is 9.16. The van der Waals surface area contributed by atoms with Gasteiger partial charge in [0.2, 0.25) is 0 Å². The van der Waals surface area contributed by atoms with E-state index in [9.17, 15) is 9.18 Å². The highest BCUT2D eigenvalue weighted by atomic mass is 19.1. The van der Waals surface area contributed by atoms with Gasteiger partial charge in [-0.15, -0.1) is 0 Å². The van der Waals surface area contributed by atoms with Gasteiger partial charge in [0, 0.05) is 17.7 Å². The van der Waals surface area contributed by atoms with Crippen LogP contribution >= 0.6 is 0 Å². The number of ketones is 1. The molecule has 1 aliphatic heterocycles. The number of hydrogen-bond donors (Lipinski definition) is 1. The van der Waals surface area contributed by atoms with E-state index in [1.54, 1.807) is 12.1 Å². The molecule has 0 radical (unpaired) electrons. The molecule has 2 aromatic rings. The Labute approximate surface area is 109 Å². The fourth-order valence-electron chi connectivity index (χ4n) is 2.26. The van der Waals surface area contributed by atoms with Crippen LogP contribution in [0, 0.1) is 5.82 Å². The Morgan fingerprint density at radius 2 is 2.05 bits per heavy atom. The number of nitrogens with two attached hydrogens (primary N) is 1. The van der Waals surface area contributed by atoms with Gasteiger partial charge >= 0.3 is 0 Å². The summed E-state index contributed by atoms with van der Waals surface area (Å²) in [6.45, 7) is 0.568. The molecule has 96 valence electrons. The lowest BCUT2D eigenvalue weighted by molar-refractivity contribution is 0.103. The highest BCUT2D eigenvalue weighted by Gasteiger charge is 2.22. The zero-order chi connectivity index (χ0) is 13.4. The number of carbonyl (C=O) groups excluding carboxylic acids is 1. The summed E-state index contributed by atoms with van der Waals surface area (Å²) < 4.78 is 18.7. The second-order valence-electron chi connectivity index (χ2n) is 4.45. The van der Waals surface area contributed by atoms with Gasteiger partial charge in [-0.25, -0.2) is 4.39 Å². The van der Waals surface area contributed by atoms with Gasteiger partial charge in [0.1, 0.15) is 11.6 Å². The molecule has 0 saturated carbocycles. The third-order valence-electron chi connectivity index (χ3n) is 3.22. The average Bonchev–Trinajstić information content (AvgIpc) is 2.89. The normalized spacial score (nSPS) is 12.9. The van der Waals surface area contributed by atoms with Crippen molar-refractivity contribution in [3.63, 3.8) is 0 Å². The van der Waals surface area contributed by atoms with E-state index in [1.165, 1.54) is 12.1 Å². The summed E-state index contributed by atoms with van der Waals surface area (Å²) in [5.74, 6) is -0.196. The van der Waals surface area contributed by atoms with Crippen molar-refractivity contribution in [2.24, 2.45) is 0 Å². The summed E-state index contributed by atoms with van der Waals surface area (Å²) >= 11 is 0. The van der Waals surface area contributed by atoms with Gasteiger partial charge in [-0.2, -0.15) is 0 Å². The topological polar surface area (TPSA) is 52.3 Å². The number of benzene rings is 2. The minimum Gasteiger partial charge on any atom is -0.492 e. The van der Waals surface area contributed by atoms with Gasteiger partial charge in [0.15, 0.2) is 5.78 Å². The molecular weight excluding hydrogens is 245 g/mol. The third kappa shape index (κ3) is 1.95. The maximum Gasteiger partial charge on any atom is 0.198 e. The molecule has 0 atom stereocenters. The van der Waals surface area contributed by atoms with Gasteiger partial charge in [0.05, 0.1) is 12.2 Å². The van der Waals surface area contributed by atoms with Gasteiger partial charge in [-0.05, 0) is 29.8 Å². The van der Waals surface area contributed by atoms with Crippen LogP contribution in [-0.2, 0) is 6.42 Å². The highest BCUT2D eigenvalue weighted by Crippen LogP contribution is 2.32. The number of halogens is 1. The van der Waals surface area contributed by atoms with E-state index in [0.29, 0.717) is 17.9 Å². The van der Waals surface area contributed by atoms with Gasteiger partial charge in [-0.3, -0.25) is 4.79 Å². The Hall–Kier alpha value is -2.36. The fraction of sp³-hybridized carbons (Fsp3) is 0.133. The summed E-state index contributed by atoms with van der Waals surface area (Å²) in [4.78, 5) is 12.5. The lowest BCUT2D eigenvalue weighted by Gasteiger charge is -2.09. The van der Waals surface area contributed by atoms with Crippen LogP contribution in [0.3, 0.4) is 0 Å². The molecule has 0 aromatic heterocycles. The van der Waals surface area contributed by atoms with Gasteiger partial charge in [0.25, 0.3) is 0 Å². The zero-order valence-corrected chi connectivity index (χ0v) is 10.2. The summed E-state index contributed by atoms with van der Waals surface area (Å²) in [5, 5.41) is 0. The summed E-state index contributed by atoms with van der Waals surface area (Å²) in [5.41, 5.74) is 7.62. The lowest BCUT2D eigenvalue weighted by atomic mass is 9.98. The molecule has 2 aromatic carbocycles. The molecule has 0 fully saturated rings. The quantitative estimate of drug-likeness (QED) is 0.664.